The monoisotopic (exact) mass is 186 g/mol. The molecule has 0 unspecified atom stereocenters. The number of rotatable bonds is 1. The molecule has 0 aromatic heterocycles. The van der Waals surface area contributed by atoms with Crippen molar-refractivity contribution in [2.45, 2.75) is 27.2 Å². The Morgan fingerprint density at radius 1 is 1.18 bits per heavy atom. The smallest absolute Gasteiger partial charge is 0 e. The summed E-state index contributed by atoms with van der Waals surface area (Å²) in [6.45, 7) is 6.15. The average Bonchev–Trinajstić information content (AvgIpc) is 2.10. The third kappa shape index (κ3) is 6.21. The predicted octanol–water partition coefficient (Wildman–Crippen LogP) is 3.07. The third-order valence-electron chi connectivity index (χ3n) is 1.20. The van der Waals surface area contributed by atoms with Crippen LogP contribution >= 0.6 is 0 Å². The van der Waals surface area contributed by atoms with Crippen molar-refractivity contribution in [3.05, 3.63) is 35.9 Å². The van der Waals surface area contributed by atoms with E-state index in [1.165, 1.54) is 5.56 Å². The molecule has 0 heterocycles. The van der Waals surface area contributed by atoms with Crippen LogP contribution in [0.3, 0.4) is 0 Å². The average molecular weight is 186 g/mol. The first kappa shape index (κ1) is 13.4. The molecule has 1 radical (unpaired) electrons. The maximum atomic E-state index is 2.97. The zero-order chi connectivity index (χ0) is 7.82. The molecule has 0 amide bonds. The van der Waals surface area contributed by atoms with Gasteiger partial charge in [0.2, 0.25) is 0 Å². The molecule has 0 aliphatic carbocycles. The molecule has 0 fully saturated rings. The molecule has 1 aromatic rings. The summed E-state index contributed by atoms with van der Waals surface area (Å²) in [6.07, 6.45) is 1.12. The number of hydrogen-bond donors (Lipinski definition) is 0. The Bertz CT molecular complexity index is 146. The summed E-state index contributed by atoms with van der Waals surface area (Å²) in [5.41, 5.74) is 1.38. The molecule has 0 saturated heterocycles. The Balaban J connectivity index is 0. The SMILES string of the molecule is CC.CCc1cc[c-]cc1.[V]. The van der Waals surface area contributed by atoms with Gasteiger partial charge in [-0.15, -0.1) is 0 Å². The van der Waals surface area contributed by atoms with E-state index in [4.69, 9.17) is 0 Å². The quantitative estimate of drug-likeness (QED) is 0.591. The minimum Gasteiger partial charge on any atom is -0.184 e. The third-order valence-corrected chi connectivity index (χ3v) is 1.20. The second-order valence-corrected chi connectivity index (χ2v) is 1.76. The summed E-state index contributed by atoms with van der Waals surface area (Å²) in [6, 6.07) is 11.0. The van der Waals surface area contributed by atoms with Crippen LogP contribution in [-0.4, -0.2) is 0 Å². The second kappa shape index (κ2) is 9.80. The molecule has 1 aromatic carbocycles. The fourth-order valence-corrected chi connectivity index (χ4v) is 0.657. The van der Waals surface area contributed by atoms with Gasteiger partial charge in [-0.05, 0) is 0 Å². The molecule has 0 aliphatic rings. The molecule has 0 atom stereocenters. The van der Waals surface area contributed by atoms with Crippen LogP contribution in [-0.2, 0) is 25.0 Å². The summed E-state index contributed by atoms with van der Waals surface area (Å²) >= 11 is 0. The molecule has 0 nitrogen and oxygen atoms in total. The van der Waals surface area contributed by atoms with Crippen LogP contribution in [0, 0.1) is 6.07 Å². The Morgan fingerprint density at radius 3 is 1.91 bits per heavy atom. The molecule has 61 valence electrons. The van der Waals surface area contributed by atoms with E-state index in [9.17, 15) is 0 Å². The molecule has 0 aliphatic heterocycles. The fraction of sp³-hybridized carbons (Fsp3) is 0.400. The molecular formula is C10H15V-. The Labute approximate surface area is 81.9 Å². The molecule has 11 heavy (non-hydrogen) atoms. The van der Waals surface area contributed by atoms with Gasteiger partial charge in [0.05, 0.1) is 0 Å². The van der Waals surface area contributed by atoms with Gasteiger partial charge in [-0.2, -0.15) is 35.9 Å². The topological polar surface area (TPSA) is 0 Å². The normalized spacial score (nSPS) is 7.18. The van der Waals surface area contributed by atoms with Crippen LogP contribution in [0.25, 0.3) is 0 Å². The summed E-state index contributed by atoms with van der Waals surface area (Å²) in [5.74, 6) is 0. The van der Waals surface area contributed by atoms with Crippen molar-refractivity contribution in [3.63, 3.8) is 0 Å². The zero-order valence-corrected chi connectivity index (χ0v) is 8.86. The van der Waals surface area contributed by atoms with E-state index in [0.29, 0.717) is 0 Å². The summed E-state index contributed by atoms with van der Waals surface area (Å²) in [5, 5.41) is 0. The summed E-state index contributed by atoms with van der Waals surface area (Å²) in [7, 11) is 0. The van der Waals surface area contributed by atoms with E-state index < -0.39 is 0 Å². The van der Waals surface area contributed by atoms with Gasteiger partial charge in [0.25, 0.3) is 0 Å². The van der Waals surface area contributed by atoms with Crippen LogP contribution < -0.4 is 0 Å². The first-order chi connectivity index (χ1) is 4.93. The molecule has 1 heteroatoms. The summed E-state index contributed by atoms with van der Waals surface area (Å²) < 4.78 is 0. The minimum absolute atomic E-state index is 0. The maximum absolute atomic E-state index is 2.97. The Kier molecular flexibility index (Phi) is 11.9. The van der Waals surface area contributed by atoms with E-state index >= 15 is 0 Å². The van der Waals surface area contributed by atoms with Crippen LogP contribution in [0.1, 0.15) is 26.3 Å². The van der Waals surface area contributed by atoms with E-state index in [0.717, 1.165) is 6.42 Å². The van der Waals surface area contributed by atoms with Gasteiger partial charge in [-0.1, -0.05) is 27.2 Å². The maximum Gasteiger partial charge on any atom is 0 e. The van der Waals surface area contributed by atoms with Gasteiger partial charge in [0.15, 0.2) is 0 Å². The molecular weight excluding hydrogens is 171 g/mol. The first-order valence-corrected chi connectivity index (χ1v) is 3.88. The van der Waals surface area contributed by atoms with E-state index in [-0.39, 0.29) is 18.6 Å². The van der Waals surface area contributed by atoms with E-state index in [1.54, 1.807) is 0 Å². The zero-order valence-electron chi connectivity index (χ0n) is 7.46. The van der Waals surface area contributed by atoms with Crippen molar-refractivity contribution in [3.8, 4) is 0 Å². The molecule has 0 saturated carbocycles. The van der Waals surface area contributed by atoms with Crippen LogP contribution in [0.2, 0.25) is 0 Å². The van der Waals surface area contributed by atoms with Gasteiger partial charge in [-0.25, -0.2) is 0 Å². The standard InChI is InChI=1S/C8H9.C2H6.V/c1-2-8-6-4-3-5-7-8;1-2;/h4-7H,2H2,1H3;1-2H3;/q-1;;. The minimum atomic E-state index is 0. The summed E-state index contributed by atoms with van der Waals surface area (Å²) in [4.78, 5) is 0. The molecule has 0 bridgehead atoms. The van der Waals surface area contributed by atoms with Crippen molar-refractivity contribution >= 4 is 0 Å². The van der Waals surface area contributed by atoms with Crippen LogP contribution in [0.5, 0.6) is 0 Å². The van der Waals surface area contributed by atoms with Crippen molar-refractivity contribution in [1.82, 2.24) is 0 Å². The van der Waals surface area contributed by atoms with Crippen molar-refractivity contribution < 1.29 is 18.6 Å². The van der Waals surface area contributed by atoms with Crippen molar-refractivity contribution in [2.24, 2.45) is 0 Å². The predicted molar refractivity (Wildman–Crippen MR) is 46.0 cm³/mol. The van der Waals surface area contributed by atoms with Gasteiger partial charge in [-0.3, -0.25) is 0 Å². The van der Waals surface area contributed by atoms with E-state index in [2.05, 4.69) is 25.1 Å². The van der Waals surface area contributed by atoms with E-state index in [1.807, 2.05) is 26.0 Å². The van der Waals surface area contributed by atoms with Crippen LogP contribution in [0.15, 0.2) is 24.3 Å². The Hall–Kier alpha value is -0.196. The molecule has 0 N–H and O–H groups in total. The van der Waals surface area contributed by atoms with Gasteiger partial charge < -0.3 is 0 Å². The van der Waals surface area contributed by atoms with Crippen LogP contribution in [0.4, 0.5) is 0 Å². The number of hydrogen-bond acceptors (Lipinski definition) is 0. The van der Waals surface area contributed by atoms with Crippen molar-refractivity contribution in [2.75, 3.05) is 0 Å². The molecule has 0 spiro atoms. The van der Waals surface area contributed by atoms with Gasteiger partial charge >= 0.3 is 0 Å². The largest absolute Gasteiger partial charge is 0.184 e. The number of aryl methyl sites for hydroxylation is 1. The first-order valence-electron chi connectivity index (χ1n) is 3.88. The fourth-order valence-electron chi connectivity index (χ4n) is 0.657. The molecule has 1 rings (SSSR count). The van der Waals surface area contributed by atoms with Crippen molar-refractivity contribution in [1.29, 1.82) is 0 Å². The number of benzene rings is 1. The Morgan fingerprint density at radius 2 is 1.64 bits per heavy atom. The second-order valence-electron chi connectivity index (χ2n) is 1.76. The van der Waals surface area contributed by atoms with Gasteiger partial charge in [0, 0.05) is 18.6 Å². The van der Waals surface area contributed by atoms with Gasteiger partial charge in [0.1, 0.15) is 0 Å².